The van der Waals surface area contributed by atoms with Crippen LogP contribution in [0.3, 0.4) is 0 Å². The fourth-order valence-corrected chi connectivity index (χ4v) is 1.03. The van der Waals surface area contributed by atoms with E-state index in [1.165, 1.54) is 4.52 Å². The minimum absolute atomic E-state index is 0.0208. The van der Waals surface area contributed by atoms with Crippen LogP contribution in [0.15, 0.2) is 18.5 Å². The Balaban J connectivity index is 0.000000187. The van der Waals surface area contributed by atoms with Crippen molar-refractivity contribution in [2.24, 2.45) is 11.7 Å². The molecule has 2 heterocycles. The zero-order chi connectivity index (χ0) is 13.7. The molecular formula is C10H16N6O2. The van der Waals surface area contributed by atoms with Gasteiger partial charge in [-0.3, -0.25) is 4.79 Å². The minimum Gasteiger partial charge on any atom is -0.480 e. The van der Waals surface area contributed by atoms with Crippen LogP contribution in [0.1, 0.15) is 13.8 Å². The van der Waals surface area contributed by atoms with Gasteiger partial charge in [0, 0.05) is 12.4 Å². The molecule has 2 aromatic heterocycles. The van der Waals surface area contributed by atoms with Gasteiger partial charge < -0.3 is 16.6 Å². The molecule has 2 aromatic rings. The summed E-state index contributed by atoms with van der Waals surface area (Å²) in [6, 6.07) is 1.05. The predicted octanol–water partition coefficient (Wildman–Crippen LogP) is -0.239. The molecular weight excluding hydrogens is 236 g/mol. The van der Waals surface area contributed by atoms with Crippen LogP contribution in [-0.2, 0) is 4.79 Å². The quantitative estimate of drug-likeness (QED) is 0.671. The van der Waals surface area contributed by atoms with Gasteiger partial charge in [-0.05, 0) is 12.0 Å². The Hall–Kier alpha value is -2.22. The highest BCUT2D eigenvalue weighted by molar-refractivity contribution is 5.73. The molecule has 1 atom stereocenters. The van der Waals surface area contributed by atoms with Crippen LogP contribution in [0, 0.1) is 5.92 Å². The molecule has 98 valence electrons. The highest BCUT2D eigenvalue weighted by Crippen LogP contribution is 1.96. The van der Waals surface area contributed by atoms with Crippen molar-refractivity contribution in [2.45, 2.75) is 19.9 Å². The normalized spacial score (nSPS) is 12.0. The van der Waals surface area contributed by atoms with Crippen LogP contribution >= 0.6 is 0 Å². The van der Waals surface area contributed by atoms with Gasteiger partial charge in [0.1, 0.15) is 6.04 Å². The third kappa shape index (κ3) is 3.67. The van der Waals surface area contributed by atoms with E-state index in [0.717, 1.165) is 0 Å². The van der Waals surface area contributed by atoms with Crippen LogP contribution in [-0.4, -0.2) is 36.7 Å². The first-order chi connectivity index (χ1) is 8.41. The summed E-state index contributed by atoms with van der Waals surface area (Å²) in [4.78, 5) is 17.8. The fourth-order valence-electron chi connectivity index (χ4n) is 1.03. The molecule has 0 aliphatic heterocycles. The number of nitrogen functional groups attached to an aromatic ring is 1. The summed E-state index contributed by atoms with van der Waals surface area (Å²) in [6.45, 7) is 3.55. The average molecular weight is 252 g/mol. The summed E-state index contributed by atoms with van der Waals surface area (Å²) in [5.74, 6) is -0.133. The standard InChI is InChI=1S/C5H5N5.C5H11NO2/c6-4-8-5-7-2-1-3-10(5)9-4;1-3(2)4(6)5(7)8/h1-3H,(H2,6,9);3-4H,6H2,1-2H3,(H,7,8)/t;4-/m.0/s1. The predicted molar refractivity (Wildman–Crippen MR) is 65.6 cm³/mol. The Kier molecular flexibility index (Phi) is 4.55. The van der Waals surface area contributed by atoms with Gasteiger partial charge in [-0.1, -0.05) is 13.8 Å². The molecule has 0 radical (unpaired) electrons. The number of fused-ring (bicyclic) bond motifs is 1. The molecule has 0 saturated heterocycles. The number of aromatic nitrogens is 4. The highest BCUT2D eigenvalue weighted by atomic mass is 16.4. The van der Waals surface area contributed by atoms with Crippen molar-refractivity contribution < 1.29 is 9.90 Å². The first-order valence-electron chi connectivity index (χ1n) is 5.33. The number of hydrogen-bond donors (Lipinski definition) is 3. The summed E-state index contributed by atoms with van der Waals surface area (Å²) in [5, 5.41) is 12.1. The second kappa shape index (κ2) is 5.92. The smallest absolute Gasteiger partial charge is 0.320 e. The maximum Gasteiger partial charge on any atom is 0.320 e. The summed E-state index contributed by atoms with van der Waals surface area (Å²) in [6.07, 6.45) is 3.38. The zero-order valence-corrected chi connectivity index (χ0v) is 10.2. The Labute approximate surface area is 104 Å². The molecule has 0 aliphatic rings. The van der Waals surface area contributed by atoms with Gasteiger partial charge in [0.2, 0.25) is 5.95 Å². The molecule has 5 N–H and O–H groups in total. The molecule has 0 spiro atoms. The molecule has 0 saturated carbocycles. The van der Waals surface area contributed by atoms with E-state index in [1.54, 1.807) is 32.3 Å². The van der Waals surface area contributed by atoms with E-state index in [0.29, 0.717) is 5.78 Å². The summed E-state index contributed by atoms with van der Waals surface area (Å²) >= 11 is 0. The summed E-state index contributed by atoms with van der Waals surface area (Å²) in [7, 11) is 0. The monoisotopic (exact) mass is 252 g/mol. The number of anilines is 1. The van der Waals surface area contributed by atoms with Crippen molar-refractivity contribution in [3.05, 3.63) is 18.5 Å². The molecule has 8 heteroatoms. The molecule has 0 bridgehead atoms. The van der Waals surface area contributed by atoms with Crippen molar-refractivity contribution >= 4 is 17.7 Å². The van der Waals surface area contributed by atoms with Gasteiger partial charge >= 0.3 is 5.97 Å². The third-order valence-corrected chi connectivity index (χ3v) is 2.14. The van der Waals surface area contributed by atoms with E-state index < -0.39 is 12.0 Å². The summed E-state index contributed by atoms with van der Waals surface area (Å²) < 4.78 is 1.52. The van der Waals surface area contributed by atoms with Gasteiger partial charge in [-0.15, -0.1) is 5.10 Å². The lowest BCUT2D eigenvalue weighted by Crippen LogP contribution is -2.34. The molecule has 0 aliphatic carbocycles. The molecule has 0 fully saturated rings. The average Bonchev–Trinajstić information content (AvgIpc) is 2.68. The number of nitrogens with zero attached hydrogens (tertiary/aromatic N) is 4. The van der Waals surface area contributed by atoms with Crippen LogP contribution < -0.4 is 11.5 Å². The highest BCUT2D eigenvalue weighted by Gasteiger charge is 2.14. The van der Waals surface area contributed by atoms with Crippen molar-refractivity contribution in [1.82, 2.24) is 19.6 Å². The number of carbonyl (C=O) groups is 1. The van der Waals surface area contributed by atoms with E-state index in [4.69, 9.17) is 16.6 Å². The largest absolute Gasteiger partial charge is 0.480 e. The lowest BCUT2D eigenvalue weighted by Gasteiger charge is -2.07. The second-order valence-electron chi connectivity index (χ2n) is 3.94. The maximum absolute atomic E-state index is 10.0. The Morgan fingerprint density at radius 3 is 2.61 bits per heavy atom. The van der Waals surface area contributed by atoms with E-state index in [2.05, 4.69) is 15.1 Å². The number of hydrogen-bond acceptors (Lipinski definition) is 6. The van der Waals surface area contributed by atoms with E-state index in [1.807, 2.05) is 0 Å². The first kappa shape index (κ1) is 13.8. The number of nitrogens with two attached hydrogens (primary N) is 2. The number of aliphatic carboxylic acids is 1. The summed E-state index contributed by atoms with van der Waals surface area (Å²) in [5.41, 5.74) is 10.5. The van der Waals surface area contributed by atoms with Gasteiger partial charge in [0.15, 0.2) is 0 Å². The van der Waals surface area contributed by atoms with Crippen molar-refractivity contribution in [1.29, 1.82) is 0 Å². The van der Waals surface area contributed by atoms with Crippen molar-refractivity contribution in [2.75, 3.05) is 5.73 Å². The fraction of sp³-hybridized carbons (Fsp3) is 0.400. The Morgan fingerprint density at radius 2 is 2.17 bits per heavy atom. The van der Waals surface area contributed by atoms with Crippen LogP contribution in [0.2, 0.25) is 0 Å². The number of carboxylic acid groups (broad SMARTS) is 1. The van der Waals surface area contributed by atoms with E-state index in [9.17, 15) is 4.79 Å². The molecule has 0 aromatic carbocycles. The van der Waals surface area contributed by atoms with Gasteiger partial charge in [-0.2, -0.15) is 4.98 Å². The second-order valence-corrected chi connectivity index (χ2v) is 3.94. The molecule has 2 rings (SSSR count). The van der Waals surface area contributed by atoms with Crippen molar-refractivity contribution in [3.8, 4) is 0 Å². The van der Waals surface area contributed by atoms with Crippen LogP contribution in [0.25, 0.3) is 5.78 Å². The Bertz CT molecular complexity index is 491. The lowest BCUT2D eigenvalue weighted by atomic mass is 10.1. The zero-order valence-electron chi connectivity index (χ0n) is 10.2. The van der Waals surface area contributed by atoms with Gasteiger partial charge in [0.05, 0.1) is 0 Å². The maximum atomic E-state index is 10.0. The van der Waals surface area contributed by atoms with Crippen LogP contribution in [0.5, 0.6) is 0 Å². The SMILES string of the molecule is CC(C)[C@H](N)C(=O)O.Nc1nc2ncccn2n1. The molecule has 18 heavy (non-hydrogen) atoms. The first-order valence-corrected chi connectivity index (χ1v) is 5.33. The number of rotatable bonds is 2. The lowest BCUT2D eigenvalue weighted by molar-refractivity contribution is -0.139. The van der Waals surface area contributed by atoms with Gasteiger partial charge in [-0.25, -0.2) is 9.50 Å². The van der Waals surface area contributed by atoms with Gasteiger partial charge in [0.25, 0.3) is 5.78 Å². The molecule has 8 nitrogen and oxygen atoms in total. The van der Waals surface area contributed by atoms with Crippen LogP contribution in [0.4, 0.5) is 5.95 Å². The Morgan fingerprint density at radius 1 is 1.50 bits per heavy atom. The minimum atomic E-state index is -0.931. The van der Waals surface area contributed by atoms with Crippen molar-refractivity contribution in [3.63, 3.8) is 0 Å². The van der Waals surface area contributed by atoms with E-state index in [-0.39, 0.29) is 11.9 Å². The molecule has 0 amide bonds. The topological polar surface area (TPSA) is 132 Å². The molecule has 0 unspecified atom stereocenters. The third-order valence-electron chi connectivity index (χ3n) is 2.14. The number of carboxylic acids is 1. The van der Waals surface area contributed by atoms with E-state index >= 15 is 0 Å².